The first-order valence-electron chi connectivity index (χ1n) is 5.00. The van der Waals surface area contributed by atoms with Crippen LogP contribution in [0.4, 0.5) is 5.82 Å². The zero-order chi connectivity index (χ0) is 11.1. The fourth-order valence-corrected chi connectivity index (χ4v) is 1.72. The van der Waals surface area contributed by atoms with Gasteiger partial charge in [-0.2, -0.15) is 0 Å². The Kier molecular flexibility index (Phi) is 6.02. The molecule has 0 aliphatic heterocycles. The van der Waals surface area contributed by atoms with E-state index in [0.717, 1.165) is 30.2 Å². The summed E-state index contributed by atoms with van der Waals surface area (Å²) < 4.78 is 0. The molecule has 0 saturated heterocycles. The highest BCUT2D eigenvalue weighted by atomic mass is 79.9. The van der Waals surface area contributed by atoms with Crippen molar-refractivity contribution in [2.24, 2.45) is 0 Å². The molecule has 1 aromatic heterocycles. The lowest BCUT2D eigenvalue weighted by molar-refractivity contribution is 0.772. The summed E-state index contributed by atoms with van der Waals surface area (Å²) in [6.45, 7) is 3.12. The van der Waals surface area contributed by atoms with Gasteiger partial charge < -0.3 is 5.32 Å². The Morgan fingerprint density at radius 1 is 1.53 bits per heavy atom. The smallest absolute Gasteiger partial charge is 0.130 e. The topological polar surface area (TPSA) is 37.8 Å². The molecule has 0 fully saturated rings. The molecule has 0 saturated carbocycles. The molecule has 0 aliphatic carbocycles. The Labute approximate surface area is 104 Å². The maximum atomic E-state index is 4.16. The van der Waals surface area contributed by atoms with Gasteiger partial charge in [0.2, 0.25) is 0 Å². The second-order valence-electron chi connectivity index (χ2n) is 3.17. The molecule has 1 heterocycles. The summed E-state index contributed by atoms with van der Waals surface area (Å²) in [6.07, 6.45) is 5.87. The number of thioether (sulfide) groups is 1. The fourth-order valence-electron chi connectivity index (χ4n) is 1.11. The molecule has 3 nitrogen and oxygen atoms in total. The minimum atomic E-state index is 0.590. The highest BCUT2D eigenvalue weighted by Crippen LogP contribution is 2.14. The molecule has 0 radical (unpaired) electrons. The van der Waals surface area contributed by atoms with E-state index < -0.39 is 0 Å². The van der Waals surface area contributed by atoms with Gasteiger partial charge in [-0.15, -0.1) is 11.8 Å². The Morgan fingerprint density at radius 3 is 3.00 bits per heavy atom. The quantitative estimate of drug-likeness (QED) is 0.496. The molecule has 0 aromatic carbocycles. The monoisotopic (exact) mass is 289 g/mol. The van der Waals surface area contributed by atoms with Crippen molar-refractivity contribution in [2.75, 3.05) is 18.1 Å². The summed E-state index contributed by atoms with van der Waals surface area (Å²) in [5.41, 5.74) is 0. The predicted octanol–water partition coefficient (Wildman–Crippen LogP) is 3.17. The largest absolute Gasteiger partial charge is 0.370 e. The number of anilines is 1. The minimum absolute atomic E-state index is 0.590. The standard InChI is InChI=1S/C10H16BrN3S/c1-3-8(11)4-5-12-9-6-10(15-2)14-7-13-9/h6-8H,3-5H2,1-2H3,(H,12,13,14). The molecule has 5 heteroatoms. The van der Waals surface area contributed by atoms with Crippen molar-refractivity contribution in [2.45, 2.75) is 29.6 Å². The van der Waals surface area contributed by atoms with E-state index in [1.165, 1.54) is 0 Å². The third-order valence-corrected chi connectivity index (χ3v) is 3.80. The molecule has 1 N–H and O–H groups in total. The van der Waals surface area contributed by atoms with E-state index in [2.05, 4.69) is 38.1 Å². The van der Waals surface area contributed by atoms with Crippen molar-refractivity contribution in [3.63, 3.8) is 0 Å². The number of aromatic nitrogens is 2. The van der Waals surface area contributed by atoms with Gasteiger partial charge in [-0.1, -0.05) is 22.9 Å². The van der Waals surface area contributed by atoms with E-state index >= 15 is 0 Å². The number of rotatable bonds is 6. The van der Waals surface area contributed by atoms with Gasteiger partial charge in [0.1, 0.15) is 17.2 Å². The van der Waals surface area contributed by atoms with Crippen LogP contribution in [0.3, 0.4) is 0 Å². The SMILES string of the molecule is CCC(Br)CCNc1cc(SC)ncn1. The van der Waals surface area contributed by atoms with E-state index in [1.54, 1.807) is 18.1 Å². The van der Waals surface area contributed by atoms with Crippen LogP contribution < -0.4 is 5.32 Å². The molecule has 0 bridgehead atoms. The van der Waals surface area contributed by atoms with Gasteiger partial charge in [-0.3, -0.25) is 0 Å². The highest BCUT2D eigenvalue weighted by molar-refractivity contribution is 9.09. The number of nitrogens with zero attached hydrogens (tertiary/aromatic N) is 2. The third-order valence-electron chi connectivity index (χ3n) is 2.06. The van der Waals surface area contributed by atoms with Gasteiger partial charge in [0.05, 0.1) is 0 Å². The van der Waals surface area contributed by atoms with Crippen molar-refractivity contribution in [1.82, 2.24) is 9.97 Å². The van der Waals surface area contributed by atoms with E-state index in [9.17, 15) is 0 Å². The average molecular weight is 290 g/mol. The lowest BCUT2D eigenvalue weighted by atomic mass is 10.2. The van der Waals surface area contributed by atoms with Gasteiger partial charge in [-0.25, -0.2) is 9.97 Å². The maximum absolute atomic E-state index is 4.16. The van der Waals surface area contributed by atoms with E-state index in [0.29, 0.717) is 4.83 Å². The second kappa shape index (κ2) is 7.06. The maximum Gasteiger partial charge on any atom is 0.130 e. The molecular weight excluding hydrogens is 274 g/mol. The summed E-state index contributed by atoms with van der Waals surface area (Å²) in [6, 6.07) is 1.97. The molecule has 15 heavy (non-hydrogen) atoms. The van der Waals surface area contributed by atoms with Gasteiger partial charge in [0.15, 0.2) is 0 Å². The van der Waals surface area contributed by atoms with Crippen LogP contribution in [0.15, 0.2) is 17.4 Å². The van der Waals surface area contributed by atoms with Gasteiger partial charge >= 0.3 is 0 Å². The molecular formula is C10H16BrN3S. The van der Waals surface area contributed by atoms with Crippen LogP contribution in [0.2, 0.25) is 0 Å². The third kappa shape index (κ3) is 4.84. The van der Waals surface area contributed by atoms with Crippen molar-refractivity contribution >= 4 is 33.5 Å². The van der Waals surface area contributed by atoms with Crippen LogP contribution in [0.1, 0.15) is 19.8 Å². The van der Waals surface area contributed by atoms with Crippen molar-refractivity contribution in [1.29, 1.82) is 0 Å². The number of hydrogen-bond donors (Lipinski definition) is 1. The van der Waals surface area contributed by atoms with E-state index in [-0.39, 0.29) is 0 Å². The average Bonchev–Trinajstić information content (AvgIpc) is 2.29. The molecule has 1 unspecified atom stereocenters. The summed E-state index contributed by atoms with van der Waals surface area (Å²) in [7, 11) is 0. The molecule has 1 aromatic rings. The second-order valence-corrected chi connectivity index (χ2v) is 5.29. The summed E-state index contributed by atoms with van der Waals surface area (Å²) in [5, 5.41) is 4.29. The van der Waals surface area contributed by atoms with Crippen LogP contribution in [0.5, 0.6) is 0 Å². The van der Waals surface area contributed by atoms with Crippen LogP contribution in [0, 0.1) is 0 Å². The van der Waals surface area contributed by atoms with Gasteiger partial charge in [0, 0.05) is 17.4 Å². The Bertz CT molecular complexity index is 296. The van der Waals surface area contributed by atoms with E-state index in [1.807, 2.05) is 12.3 Å². The number of halogens is 1. The molecule has 1 atom stereocenters. The Morgan fingerprint density at radius 2 is 2.33 bits per heavy atom. The lowest BCUT2D eigenvalue weighted by Gasteiger charge is -2.08. The predicted molar refractivity (Wildman–Crippen MR) is 69.9 cm³/mol. The molecule has 1 rings (SSSR count). The molecule has 84 valence electrons. The van der Waals surface area contributed by atoms with E-state index in [4.69, 9.17) is 0 Å². The number of hydrogen-bond acceptors (Lipinski definition) is 4. The first kappa shape index (κ1) is 12.8. The minimum Gasteiger partial charge on any atom is -0.370 e. The summed E-state index contributed by atoms with van der Waals surface area (Å²) >= 11 is 5.23. The van der Waals surface area contributed by atoms with Gasteiger partial charge in [-0.05, 0) is 19.1 Å². The van der Waals surface area contributed by atoms with Crippen molar-refractivity contribution in [3.8, 4) is 0 Å². The van der Waals surface area contributed by atoms with Crippen LogP contribution >= 0.6 is 27.7 Å². The lowest BCUT2D eigenvalue weighted by Crippen LogP contribution is -2.08. The Hall–Kier alpha value is -0.290. The first-order valence-corrected chi connectivity index (χ1v) is 7.14. The summed E-state index contributed by atoms with van der Waals surface area (Å²) in [4.78, 5) is 8.87. The zero-order valence-electron chi connectivity index (χ0n) is 9.03. The van der Waals surface area contributed by atoms with Crippen molar-refractivity contribution in [3.05, 3.63) is 12.4 Å². The normalized spacial score (nSPS) is 12.5. The van der Waals surface area contributed by atoms with Crippen LogP contribution in [-0.4, -0.2) is 27.6 Å². The highest BCUT2D eigenvalue weighted by Gasteiger charge is 2.01. The Balaban J connectivity index is 2.37. The number of alkyl halides is 1. The first-order chi connectivity index (χ1) is 7.26. The number of nitrogens with one attached hydrogen (secondary N) is 1. The van der Waals surface area contributed by atoms with Crippen LogP contribution in [-0.2, 0) is 0 Å². The van der Waals surface area contributed by atoms with Crippen LogP contribution in [0.25, 0.3) is 0 Å². The molecule has 0 aliphatic rings. The van der Waals surface area contributed by atoms with Crippen molar-refractivity contribution < 1.29 is 0 Å². The summed E-state index contributed by atoms with van der Waals surface area (Å²) in [5.74, 6) is 0.908. The molecule has 0 amide bonds. The van der Waals surface area contributed by atoms with Gasteiger partial charge in [0.25, 0.3) is 0 Å². The molecule has 0 spiro atoms. The zero-order valence-corrected chi connectivity index (χ0v) is 11.4. The fraction of sp³-hybridized carbons (Fsp3) is 0.600.